The molecule has 1 atom stereocenters. The second-order valence-corrected chi connectivity index (χ2v) is 9.70. The third-order valence-corrected chi connectivity index (χ3v) is 7.08. The normalized spacial score (nSPS) is 15.7. The van der Waals surface area contributed by atoms with Crippen molar-refractivity contribution in [2.75, 3.05) is 25.2 Å². The molecule has 35 heavy (non-hydrogen) atoms. The van der Waals surface area contributed by atoms with Gasteiger partial charge in [-0.15, -0.1) is 11.3 Å². The molecule has 0 N–H and O–H groups in total. The summed E-state index contributed by atoms with van der Waals surface area (Å²) < 4.78 is 20.0. The van der Waals surface area contributed by atoms with E-state index in [2.05, 4.69) is 34.1 Å². The number of methoxy groups -OCH3 is 1. The molecule has 5 aromatic rings. The predicted octanol–water partition coefficient (Wildman–Crippen LogP) is 4.84. The van der Waals surface area contributed by atoms with Crippen molar-refractivity contribution < 1.29 is 13.9 Å². The van der Waals surface area contributed by atoms with Crippen LogP contribution in [0.15, 0.2) is 47.4 Å². The highest BCUT2D eigenvalue weighted by atomic mass is 32.1. The van der Waals surface area contributed by atoms with E-state index in [0.717, 1.165) is 35.4 Å². The molecular weight excluding hydrogens is 464 g/mol. The molecule has 9 nitrogen and oxygen atoms in total. The molecule has 0 radical (unpaired) electrons. The standard InChI is InChI=1S/C25H22N6O3S/c1-15-12-30-13-20(29-25(30)35-15)23-8-19-21(6-18(32-2)7-22(19)34-23)33-14-17-4-3-5-31(17)24-27-10-16(9-26)11-28-24/h6-8,10-13,17H,3-5,14H2,1-2H3. The molecule has 0 saturated carbocycles. The minimum absolute atomic E-state index is 0.124. The topological polar surface area (TPSA) is 102 Å². The molecule has 1 aromatic carbocycles. The Morgan fingerprint density at radius 1 is 1.23 bits per heavy atom. The Balaban J connectivity index is 1.28. The summed E-state index contributed by atoms with van der Waals surface area (Å²) in [6, 6.07) is 7.90. The van der Waals surface area contributed by atoms with Crippen LogP contribution in [0, 0.1) is 18.3 Å². The zero-order valence-corrected chi connectivity index (χ0v) is 20.1. The number of aromatic nitrogens is 4. The first-order valence-electron chi connectivity index (χ1n) is 11.3. The fraction of sp³-hybridized carbons (Fsp3) is 0.280. The van der Waals surface area contributed by atoms with Crippen molar-refractivity contribution in [1.29, 1.82) is 5.26 Å². The number of furan rings is 1. The summed E-state index contributed by atoms with van der Waals surface area (Å²) >= 11 is 1.64. The second-order valence-electron chi connectivity index (χ2n) is 8.49. The third kappa shape index (κ3) is 3.94. The van der Waals surface area contributed by atoms with Crippen molar-refractivity contribution in [1.82, 2.24) is 19.4 Å². The van der Waals surface area contributed by atoms with Gasteiger partial charge in [0, 0.05) is 35.9 Å². The van der Waals surface area contributed by atoms with Gasteiger partial charge in [-0.2, -0.15) is 5.26 Å². The number of ether oxygens (including phenoxy) is 2. The highest BCUT2D eigenvalue weighted by Crippen LogP contribution is 2.37. The minimum Gasteiger partial charge on any atom is -0.496 e. The Kier molecular flexibility index (Phi) is 5.26. The fourth-order valence-corrected chi connectivity index (χ4v) is 5.27. The lowest BCUT2D eigenvalue weighted by Crippen LogP contribution is -2.35. The van der Waals surface area contributed by atoms with Gasteiger partial charge in [-0.25, -0.2) is 15.0 Å². The van der Waals surface area contributed by atoms with Gasteiger partial charge in [-0.05, 0) is 25.8 Å². The van der Waals surface area contributed by atoms with E-state index in [1.54, 1.807) is 30.8 Å². The number of rotatable bonds is 6. The molecule has 0 bridgehead atoms. The van der Waals surface area contributed by atoms with Crippen molar-refractivity contribution in [2.45, 2.75) is 25.8 Å². The van der Waals surface area contributed by atoms with Crippen LogP contribution in [0.1, 0.15) is 23.3 Å². The monoisotopic (exact) mass is 486 g/mol. The lowest BCUT2D eigenvalue weighted by Gasteiger charge is -2.24. The Bertz CT molecular complexity index is 1530. The quantitative estimate of drug-likeness (QED) is 0.336. The number of fused-ring (bicyclic) bond motifs is 2. The fourth-order valence-electron chi connectivity index (χ4n) is 4.46. The number of hydrogen-bond donors (Lipinski definition) is 0. The summed E-state index contributed by atoms with van der Waals surface area (Å²) in [6.45, 7) is 3.38. The maximum atomic E-state index is 9.01. The molecule has 0 aliphatic carbocycles. The minimum atomic E-state index is 0.124. The van der Waals surface area contributed by atoms with Crippen LogP contribution in [0.2, 0.25) is 0 Å². The van der Waals surface area contributed by atoms with Crippen LogP contribution in [0.3, 0.4) is 0 Å². The molecule has 1 fully saturated rings. The Morgan fingerprint density at radius 3 is 2.86 bits per heavy atom. The average molecular weight is 487 g/mol. The smallest absolute Gasteiger partial charge is 0.225 e. The molecule has 4 aromatic heterocycles. The van der Waals surface area contributed by atoms with Gasteiger partial charge in [-0.1, -0.05) is 0 Å². The number of benzene rings is 1. The third-order valence-electron chi connectivity index (χ3n) is 6.17. The van der Waals surface area contributed by atoms with Gasteiger partial charge in [0.1, 0.15) is 35.5 Å². The predicted molar refractivity (Wildman–Crippen MR) is 132 cm³/mol. The van der Waals surface area contributed by atoms with Crippen LogP contribution in [-0.2, 0) is 0 Å². The molecule has 0 spiro atoms. The van der Waals surface area contributed by atoms with E-state index < -0.39 is 0 Å². The van der Waals surface area contributed by atoms with Gasteiger partial charge in [0.05, 0.1) is 36.5 Å². The van der Waals surface area contributed by atoms with E-state index in [-0.39, 0.29) is 6.04 Å². The number of nitrogens with zero attached hydrogens (tertiary/aromatic N) is 6. The number of anilines is 1. The van der Waals surface area contributed by atoms with E-state index in [1.807, 2.05) is 28.8 Å². The van der Waals surface area contributed by atoms with E-state index >= 15 is 0 Å². The molecule has 6 rings (SSSR count). The second kappa shape index (κ2) is 8.60. The van der Waals surface area contributed by atoms with Gasteiger partial charge >= 0.3 is 0 Å². The van der Waals surface area contributed by atoms with E-state index in [9.17, 15) is 0 Å². The van der Waals surface area contributed by atoms with Crippen LogP contribution in [0.25, 0.3) is 27.4 Å². The van der Waals surface area contributed by atoms with E-state index in [1.165, 1.54) is 4.88 Å². The Labute approximate surface area is 205 Å². The maximum Gasteiger partial charge on any atom is 0.225 e. The summed E-state index contributed by atoms with van der Waals surface area (Å²) in [5, 5.41) is 9.88. The van der Waals surface area contributed by atoms with Crippen molar-refractivity contribution >= 4 is 33.2 Å². The Morgan fingerprint density at radius 2 is 2.09 bits per heavy atom. The first-order valence-corrected chi connectivity index (χ1v) is 12.1. The number of nitriles is 1. The lowest BCUT2D eigenvalue weighted by molar-refractivity contribution is 0.289. The average Bonchev–Trinajstić information content (AvgIpc) is 3.65. The Hall–Kier alpha value is -4.10. The highest BCUT2D eigenvalue weighted by Gasteiger charge is 2.28. The zero-order chi connectivity index (χ0) is 23.9. The van der Waals surface area contributed by atoms with E-state index in [0.29, 0.717) is 41.0 Å². The van der Waals surface area contributed by atoms with Gasteiger partial charge in [-0.3, -0.25) is 4.40 Å². The maximum absolute atomic E-state index is 9.01. The molecule has 176 valence electrons. The van der Waals surface area contributed by atoms with Crippen LogP contribution in [0.5, 0.6) is 11.5 Å². The molecule has 10 heteroatoms. The van der Waals surface area contributed by atoms with Crippen molar-refractivity contribution in [2.24, 2.45) is 0 Å². The van der Waals surface area contributed by atoms with Crippen molar-refractivity contribution in [3.05, 3.63) is 53.4 Å². The summed E-state index contributed by atoms with van der Waals surface area (Å²) in [7, 11) is 1.63. The number of imidazole rings is 1. The van der Waals surface area contributed by atoms with Crippen molar-refractivity contribution in [3.8, 4) is 29.0 Å². The summed E-state index contributed by atoms with van der Waals surface area (Å²) in [5.41, 5.74) is 1.90. The lowest BCUT2D eigenvalue weighted by atomic mass is 10.2. The van der Waals surface area contributed by atoms with Gasteiger partial charge in [0.2, 0.25) is 5.95 Å². The van der Waals surface area contributed by atoms with Crippen molar-refractivity contribution in [3.63, 3.8) is 0 Å². The SMILES string of the molecule is COc1cc(OCC2CCCN2c2ncc(C#N)cn2)c2cc(-c3cn4cc(C)sc4n3)oc2c1. The molecule has 1 aliphatic rings. The largest absolute Gasteiger partial charge is 0.496 e. The zero-order valence-electron chi connectivity index (χ0n) is 19.3. The van der Waals surface area contributed by atoms with Crippen LogP contribution in [0.4, 0.5) is 5.95 Å². The molecule has 1 saturated heterocycles. The summed E-state index contributed by atoms with van der Waals surface area (Å²) in [5.74, 6) is 2.65. The number of thiazole rings is 1. The first-order chi connectivity index (χ1) is 17.1. The molecule has 1 unspecified atom stereocenters. The summed E-state index contributed by atoms with van der Waals surface area (Å²) in [4.78, 5) is 17.7. The first kappa shape index (κ1) is 21.4. The summed E-state index contributed by atoms with van der Waals surface area (Å²) in [6.07, 6.45) is 9.14. The van der Waals surface area contributed by atoms with Crippen LogP contribution in [-0.4, -0.2) is 45.7 Å². The highest BCUT2D eigenvalue weighted by molar-refractivity contribution is 7.17. The molecule has 1 aliphatic heterocycles. The van der Waals surface area contributed by atoms with Crippen LogP contribution < -0.4 is 14.4 Å². The molecule has 0 amide bonds. The van der Waals surface area contributed by atoms with Gasteiger partial charge < -0.3 is 18.8 Å². The number of hydrogen-bond acceptors (Lipinski definition) is 9. The van der Waals surface area contributed by atoms with E-state index in [4.69, 9.17) is 24.1 Å². The molecule has 5 heterocycles. The van der Waals surface area contributed by atoms with Crippen LogP contribution >= 0.6 is 11.3 Å². The molecular formula is C25H22N6O3S. The van der Waals surface area contributed by atoms with Gasteiger partial charge in [0.15, 0.2) is 10.7 Å². The number of aryl methyl sites for hydroxylation is 1. The van der Waals surface area contributed by atoms with Gasteiger partial charge in [0.25, 0.3) is 0 Å².